The average Bonchev–Trinajstić information content (AvgIpc) is 2.52. The van der Waals surface area contributed by atoms with Crippen LogP contribution in [0.15, 0.2) is 18.2 Å². The molecule has 0 saturated heterocycles. The lowest BCUT2D eigenvalue weighted by Gasteiger charge is -2.01. The second kappa shape index (κ2) is 3.84. The van der Waals surface area contributed by atoms with E-state index in [4.69, 9.17) is 5.11 Å². The largest absolute Gasteiger partial charge is 0.507 e. The standard InChI is InChI=1S/C11H12N2O3/c1-13-8(5-6-10(15)16)11-7(12-13)3-2-4-9(11)14/h2-4,14H,5-6H2,1H3,(H,15,16). The number of aryl methyl sites for hydroxylation is 2. The summed E-state index contributed by atoms with van der Waals surface area (Å²) in [5.41, 5.74) is 1.43. The molecule has 5 heteroatoms. The van der Waals surface area contributed by atoms with Gasteiger partial charge in [0.1, 0.15) is 5.75 Å². The molecule has 0 aliphatic carbocycles. The predicted molar refractivity (Wildman–Crippen MR) is 58.3 cm³/mol. The number of rotatable bonds is 3. The Labute approximate surface area is 91.9 Å². The van der Waals surface area contributed by atoms with Crippen LogP contribution in [0.2, 0.25) is 0 Å². The van der Waals surface area contributed by atoms with Gasteiger partial charge in [-0.2, -0.15) is 5.10 Å². The van der Waals surface area contributed by atoms with Crippen LogP contribution in [0.3, 0.4) is 0 Å². The van der Waals surface area contributed by atoms with E-state index in [1.165, 1.54) is 0 Å². The molecule has 0 spiro atoms. The van der Waals surface area contributed by atoms with Gasteiger partial charge in [0.25, 0.3) is 0 Å². The molecular weight excluding hydrogens is 208 g/mol. The minimum absolute atomic E-state index is 0.0307. The number of nitrogens with zero attached hydrogens (tertiary/aromatic N) is 2. The molecule has 1 aromatic heterocycles. The molecule has 0 fully saturated rings. The van der Waals surface area contributed by atoms with Gasteiger partial charge in [-0.3, -0.25) is 9.48 Å². The van der Waals surface area contributed by atoms with Crippen LogP contribution in [-0.4, -0.2) is 26.0 Å². The highest BCUT2D eigenvalue weighted by molar-refractivity contribution is 5.87. The monoisotopic (exact) mass is 220 g/mol. The van der Waals surface area contributed by atoms with E-state index in [9.17, 15) is 9.90 Å². The van der Waals surface area contributed by atoms with Crippen molar-refractivity contribution in [2.45, 2.75) is 12.8 Å². The number of aliphatic carboxylic acids is 1. The molecule has 16 heavy (non-hydrogen) atoms. The first-order valence-electron chi connectivity index (χ1n) is 4.95. The van der Waals surface area contributed by atoms with Crippen molar-refractivity contribution in [2.24, 2.45) is 7.05 Å². The lowest BCUT2D eigenvalue weighted by atomic mass is 10.1. The minimum Gasteiger partial charge on any atom is -0.507 e. The summed E-state index contributed by atoms with van der Waals surface area (Å²) in [7, 11) is 1.75. The number of hydrogen-bond acceptors (Lipinski definition) is 3. The molecule has 0 amide bonds. The number of benzene rings is 1. The quantitative estimate of drug-likeness (QED) is 0.817. The van der Waals surface area contributed by atoms with Crippen molar-refractivity contribution in [3.63, 3.8) is 0 Å². The molecule has 5 nitrogen and oxygen atoms in total. The summed E-state index contributed by atoms with van der Waals surface area (Å²) in [6.45, 7) is 0. The summed E-state index contributed by atoms with van der Waals surface area (Å²) in [6, 6.07) is 5.08. The third-order valence-electron chi connectivity index (χ3n) is 2.53. The van der Waals surface area contributed by atoms with Crippen molar-refractivity contribution in [3.8, 4) is 5.75 Å². The summed E-state index contributed by atoms with van der Waals surface area (Å²) >= 11 is 0. The highest BCUT2D eigenvalue weighted by Crippen LogP contribution is 2.27. The van der Waals surface area contributed by atoms with Crippen molar-refractivity contribution >= 4 is 16.9 Å². The van der Waals surface area contributed by atoms with Crippen LogP contribution in [0, 0.1) is 0 Å². The van der Waals surface area contributed by atoms with E-state index in [0.717, 1.165) is 5.69 Å². The van der Waals surface area contributed by atoms with Gasteiger partial charge >= 0.3 is 5.97 Å². The van der Waals surface area contributed by atoms with Crippen molar-refractivity contribution in [1.29, 1.82) is 0 Å². The second-order valence-electron chi connectivity index (χ2n) is 3.64. The minimum atomic E-state index is -0.857. The van der Waals surface area contributed by atoms with E-state index in [1.807, 2.05) is 0 Å². The van der Waals surface area contributed by atoms with Crippen molar-refractivity contribution in [1.82, 2.24) is 9.78 Å². The summed E-state index contributed by atoms with van der Waals surface area (Å²) in [5, 5.41) is 23.2. The van der Waals surface area contributed by atoms with Gasteiger partial charge in [-0.25, -0.2) is 0 Å². The fraction of sp³-hybridized carbons (Fsp3) is 0.273. The molecule has 2 rings (SSSR count). The summed E-state index contributed by atoms with van der Waals surface area (Å²) in [4.78, 5) is 10.5. The number of aromatic hydroxyl groups is 1. The summed E-state index contributed by atoms with van der Waals surface area (Å²) < 4.78 is 1.62. The number of carboxylic acids is 1. The smallest absolute Gasteiger partial charge is 0.303 e. The van der Waals surface area contributed by atoms with Crippen LogP contribution in [0.25, 0.3) is 10.9 Å². The van der Waals surface area contributed by atoms with E-state index < -0.39 is 5.97 Å². The van der Waals surface area contributed by atoms with Gasteiger partial charge in [0.2, 0.25) is 0 Å². The molecule has 0 aliphatic heterocycles. The fourth-order valence-electron chi connectivity index (χ4n) is 1.80. The maximum Gasteiger partial charge on any atom is 0.303 e. The number of hydrogen-bond donors (Lipinski definition) is 2. The summed E-state index contributed by atoms with van der Waals surface area (Å²) in [6.07, 6.45) is 0.392. The van der Waals surface area contributed by atoms with Crippen LogP contribution in [0.1, 0.15) is 12.1 Å². The van der Waals surface area contributed by atoms with Gasteiger partial charge in [0, 0.05) is 13.5 Å². The first kappa shape index (κ1) is 10.5. The Bertz CT molecular complexity index is 545. The van der Waals surface area contributed by atoms with Crippen molar-refractivity contribution in [2.75, 3.05) is 0 Å². The van der Waals surface area contributed by atoms with E-state index in [1.54, 1.807) is 29.9 Å². The van der Waals surface area contributed by atoms with Gasteiger partial charge < -0.3 is 10.2 Å². The molecule has 0 bridgehead atoms. The maximum absolute atomic E-state index is 10.5. The molecule has 1 aromatic carbocycles. The second-order valence-corrected chi connectivity index (χ2v) is 3.64. The Balaban J connectivity index is 2.50. The molecule has 2 N–H and O–H groups in total. The Kier molecular flexibility index (Phi) is 2.52. The predicted octanol–water partition coefficient (Wildman–Crippen LogP) is 1.30. The molecular formula is C11H12N2O3. The number of phenols is 1. The van der Waals surface area contributed by atoms with Gasteiger partial charge in [0.05, 0.1) is 23.0 Å². The average molecular weight is 220 g/mol. The highest BCUT2D eigenvalue weighted by atomic mass is 16.4. The zero-order valence-electron chi connectivity index (χ0n) is 8.84. The Morgan fingerprint density at radius 1 is 1.50 bits per heavy atom. The SMILES string of the molecule is Cn1nc2cccc(O)c2c1CCC(=O)O. The van der Waals surface area contributed by atoms with E-state index >= 15 is 0 Å². The number of aromatic nitrogens is 2. The van der Waals surface area contributed by atoms with Crippen LogP contribution in [-0.2, 0) is 18.3 Å². The van der Waals surface area contributed by atoms with Gasteiger partial charge in [0.15, 0.2) is 0 Å². The maximum atomic E-state index is 10.5. The zero-order valence-corrected chi connectivity index (χ0v) is 8.84. The highest BCUT2D eigenvalue weighted by Gasteiger charge is 2.13. The molecule has 2 aromatic rings. The molecule has 0 radical (unpaired) electrons. The first-order valence-corrected chi connectivity index (χ1v) is 4.95. The molecule has 84 valence electrons. The third-order valence-corrected chi connectivity index (χ3v) is 2.53. The van der Waals surface area contributed by atoms with Crippen molar-refractivity contribution in [3.05, 3.63) is 23.9 Å². The number of phenolic OH excluding ortho intramolecular Hbond substituents is 1. The first-order chi connectivity index (χ1) is 7.59. The summed E-state index contributed by atoms with van der Waals surface area (Å²) in [5.74, 6) is -0.712. The Hall–Kier alpha value is -2.04. The Morgan fingerprint density at radius 3 is 2.94 bits per heavy atom. The van der Waals surface area contributed by atoms with Crippen LogP contribution in [0.5, 0.6) is 5.75 Å². The molecule has 0 atom stereocenters. The van der Waals surface area contributed by atoms with Gasteiger partial charge in [-0.1, -0.05) is 6.07 Å². The van der Waals surface area contributed by atoms with E-state index in [2.05, 4.69) is 5.10 Å². The lowest BCUT2D eigenvalue weighted by molar-refractivity contribution is -0.136. The topological polar surface area (TPSA) is 75.3 Å². The lowest BCUT2D eigenvalue weighted by Crippen LogP contribution is -2.03. The third kappa shape index (κ3) is 1.71. The molecule has 0 unspecified atom stereocenters. The van der Waals surface area contributed by atoms with Crippen molar-refractivity contribution < 1.29 is 15.0 Å². The van der Waals surface area contributed by atoms with Gasteiger partial charge in [-0.15, -0.1) is 0 Å². The number of carboxylic acid groups (broad SMARTS) is 1. The fourth-order valence-corrected chi connectivity index (χ4v) is 1.80. The van der Waals surface area contributed by atoms with Gasteiger partial charge in [-0.05, 0) is 12.1 Å². The van der Waals surface area contributed by atoms with E-state index in [0.29, 0.717) is 17.3 Å². The van der Waals surface area contributed by atoms with Crippen LogP contribution < -0.4 is 0 Å². The molecule has 0 saturated carbocycles. The zero-order chi connectivity index (χ0) is 11.7. The number of fused-ring (bicyclic) bond motifs is 1. The Morgan fingerprint density at radius 2 is 2.25 bits per heavy atom. The number of carbonyl (C=O) groups is 1. The molecule has 0 aliphatic rings. The van der Waals surface area contributed by atoms with Crippen LogP contribution in [0.4, 0.5) is 0 Å². The van der Waals surface area contributed by atoms with Crippen LogP contribution >= 0.6 is 0 Å². The normalized spacial score (nSPS) is 10.8. The molecule has 1 heterocycles. The van der Waals surface area contributed by atoms with E-state index in [-0.39, 0.29) is 12.2 Å².